The predicted octanol–water partition coefficient (Wildman–Crippen LogP) is 1.65. The average Bonchev–Trinajstić information content (AvgIpc) is 3.13. The Balaban J connectivity index is 1.96. The second-order valence-electron chi connectivity index (χ2n) is 5.74. The van der Waals surface area contributed by atoms with Crippen LogP contribution in [0.1, 0.15) is 12.8 Å². The normalized spacial score (nSPS) is 15.3. The lowest BCUT2D eigenvalue weighted by molar-refractivity contribution is -0.141. The van der Waals surface area contributed by atoms with Gasteiger partial charge >= 0.3 is 0 Å². The number of thioether (sulfide) groups is 1. The molecule has 26 heavy (non-hydrogen) atoms. The molecule has 1 aliphatic rings. The molecule has 0 atom stereocenters. The van der Waals surface area contributed by atoms with Gasteiger partial charge in [-0.15, -0.1) is 0 Å². The Morgan fingerprint density at radius 1 is 1.31 bits per heavy atom. The molecule has 138 valence electrons. The quantitative estimate of drug-likeness (QED) is 0.697. The highest BCUT2D eigenvalue weighted by atomic mass is 32.2. The minimum absolute atomic E-state index is 0.169. The number of methoxy groups -OCH3 is 1. The summed E-state index contributed by atoms with van der Waals surface area (Å²) in [6, 6.07) is 5.72. The van der Waals surface area contributed by atoms with E-state index in [0.29, 0.717) is 11.3 Å². The van der Waals surface area contributed by atoms with Gasteiger partial charge in [0.05, 0.1) is 17.3 Å². The number of carbonyl (C=O) groups excluding carboxylic acids is 3. The summed E-state index contributed by atoms with van der Waals surface area (Å²) in [4.78, 5) is 41.4. The number of ether oxygens (including phenoxy) is 1. The molecule has 0 spiro atoms. The predicted molar refractivity (Wildman–Crippen MR) is 101 cm³/mol. The van der Waals surface area contributed by atoms with Crippen LogP contribution in [-0.4, -0.2) is 52.9 Å². The van der Waals surface area contributed by atoms with Crippen molar-refractivity contribution in [3.05, 3.63) is 23.0 Å². The van der Waals surface area contributed by atoms with Crippen LogP contribution in [0.25, 0.3) is 10.2 Å². The number of imide groups is 1. The molecule has 0 unspecified atom stereocenters. The van der Waals surface area contributed by atoms with Crippen molar-refractivity contribution < 1.29 is 19.1 Å². The summed E-state index contributed by atoms with van der Waals surface area (Å²) >= 11 is 3.10. The zero-order valence-corrected chi connectivity index (χ0v) is 16.2. The van der Waals surface area contributed by atoms with E-state index >= 15 is 0 Å². The molecule has 9 heteroatoms. The fraction of sp³-hybridized carbons (Fsp3) is 0.412. The monoisotopic (exact) mass is 393 g/mol. The molecule has 0 aliphatic carbocycles. The lowest BCUT2D eigenvalue weighted by atomic mass is 10.3. The van der Waals surface area contributed by atoms with Crippen LogP contribution in [0.5, 0.6) is 5.75 Å². The van der Waals surface area contributed by atoms with Crippen molar-refractivity contribution in [2.24, 2.45) is 4.99 Å². The van der Waals surface area contributed by atoms with Crippen LogP contribution in [0.4, 0.5) is 0 Å². The van der Waals surface area contributed by atoms with E-state index in [4.69, 9.17) is 4.74 Å². The summed E-state index contributed by atoms with van der Waals surface area (Å²) in [7, 11) is 1.61. The molecular weight excluding hydrogens is 374 g/mol. The van der Waals surface area contributed by atoms with Gasteiger partial charge in [-0.1, -0.05) is 11.3 Å². The first-order chi connectivity index (χ1) is 12.5. The molecule has 0 saturated carbocycles. The molecule has 0 bridgehead atoms. The van der Waals surface area contributed by atoms with E-state index < -0.39 is 5.91 Å². The van der Waals surface area contributed by atoms with E-state index in [0.717, 1.165) is 26.6 Å². The number of rotatable bonds is 6. The van der Waals surface area contributed by atoms with E-state index in [-0.39, 0.29) is 31.2 Å². The summed E-state index contributed by atoms with van der Waals surface area (Å²) in [6.07, 6.45) is 2.35. The van der Waals surface area contributed by atoms with Gasteiger partial charge in [0.15, 0.2) is 4.80 Å². The summed E-state index contributed by atoms with van der Waals surface area (Å²) in [5, 5.41) is 0. The smallest absolute Gasteiger partial charge is 0.268 e. The number of carbonyl (C=O) groups is 3. The first-order valence-corrected chi connectivity index (χ1v) is 10.3. The van der Waals surface area contributed by atoms with Crippen molar-refractivity contribution in [1.29, 1.82) is 0 Å². The van der Waals surface area contributed by atoms with Crippen LogP contribution in [0.15, 0.2) is 23.2 Å². The Labute approximate surface area is 158 Å². The molecule has 0 N–H and O–H groups in total. The molecule has 3 amide bonds. The van der Waals surface area contributed by atoms with Crippen LogP contribution in [0, 0.1) is 0 Å². The lowest BCUT2D eigenvalue weighted by Crippen LogP contribution is -2.34. The van der Waals surface area contributed by atoms with Gasteiger partial charge in [-0.3, -0.25) is 19.3 Å². The second-order valence-corrected chi connectivity index (χ2v) is 7.74. The minimum Gasteiger partial charge on any atom is -0.497 e. The van der Waals surface area contributed by atoms with E-state index in [2.05, 4.69) is 4.99 Å². The maximum Gasteiger partial charge on any atom is 0.268 e. The molecule has 2 heterocycles. The zero-order chi connectivity index (χ0) is 18.7. The third-order valence-electron chi connectivity index (χ3n) is 4.08. The number of aromatic nitrogens is 1. The van der Waals surface area contributed by atoms with E-state index in [1.165, 1.54) is 11.3 Å². The molecule has 2 aromatic rings. The number of likely N-dealkylation sites (tertiary alicyclic amines) is 1. The van der Waals surface area contributed by atoms with Crippen molar-refractivity contribution in [2.75, 3.05) is 25.7 Å². The maximum atomic E-state index is 12.3. The standard InChI is InChI=1S/C17H19N3O4S2/c1-24-11-3-4-13-12(9-11)19(7-8-25-2)17(26-13)18-14(21)10-20-15(22)5-6-16(20)23/h3-4,9H,5-8,10H2,1-2H3. The highest BCUT2D eigenvalue weighted by Crippen LogP contribution is 2.23. The molecule has 3 rings (SSSR count). The molecular formula is C17H19N3O4S2. The van der Waals surface area contributed by atoms with Crippen molar-refractivity contribution in [2.45, 2.75) is 19.4 Å². The molecule has 1 aromatic heterocycles. The van der Waals surface area contributed by atoms with Crippen LogP contribution in [0.2, 0.25) is 0 Å². The van der Waals surface area contributed by atoms with E-state index in [1.54, 1.807) is 18.9 Å². The van der Waals surface area contributed by atoms with E-state index in [1.807, 2.05) is 29.0 Å². The SMILES string of the molecule is COc1ccc2sc(=NC(=O)CN3C(=O)CCC3=O)n(CCSC)c2c1. The van der Waals surface area contributed by atoms with Crippen LogP contribution >= 0.6 is 23.1 Å². The molecule has 1 saturated heterocycles. The highest BCUT2D eigenvalue weighted by molar-refractivity contribution is 7.98. The maximum absolute atomic E-state index is 12.3. The number of amides is 3. The van der Waals surface area contributed by atoms with Gasteiger partial charge < -0.3 is 9.30 Å². The Hall–Kier alpha value is -2.13. The van der Waals surface area contributed by atoms with Crippen LogP contribution in [0.3, 0.4) is 0 Å². The summed E-state index contributed by atoms with van der Waals surface area (Å²) < 4.78 is 8.26. The summed E-state index contributed by atoms with van der Waals surface area (Å²) in [5.74, 6) is 0.488. The van der Waals surface area contributed by atoms with Gasteiger partial charge in [0, 0.05) is 31.2 Å². The van der Waals surface area contributed by atoms with Crippen LogP contribution < -0.4 is 9.54 Å². The van der Waals surface area contributed by atoms with Crippen molar-refractivity contribution in [1.82, 2.24) is 9.47 Å². The van der Waals surface area contributed by atoms with Gasteiger partial charge in [0.25, 0.3) is 5.91 Å². The largest absolute Gasteiger partial charge is 0.497 e. The zero-order valence-electron chi connectivity index (χ0n) is 14.6. The number of aryl methyl sites for hydroxylation is 1. The number of hydrogen-bond donors (Lipinski definition) is 0. The molecule has 0 radical (unpaired) electrons. The second kappa shape index (κ2) is 8.05. The summed E-state index contributed by atoms with van der Waals surface area (Å²) in [5.41, 5.74) is 0.947. The van der Waals surface area contributed by atoms with Crippen molar-refractivity contribution in [3.63, 3.8) is 0 Å². The first kappa shape index (κ1) is 18.7. The third-order valence-corrected chi connectivity index (χ3v) is 5.73. The number of benzene rings is 1. The van der Waals surface area contributed by atoms with Crippen LogP contribution in [-0.2, 0) is 20.9 Å². The van der Waals surface area contributed by atoms with E-state index in [9.17, 15) is 14.4 Å². The topological polar surface area (TPSA) is 81.0 Å². The van der Waals surface area contributed by atoms with Gasteiger partial charge in [-0.25, -0.2) is 0 Å². The number of hydrogen-bond acceptors (Lipinski definition) is 6. The van der Waals surface area contributed by atoms with Crippen molar-refractivity contribution >= 4 is 51.0 Å². The summed E-state index contributed by atoms with van der Waals surface area (Å²) in [6.45, 7) is 0.403. The number of thiazole rings is 1. The van der Waals surface area contributed by atoms with Gasteiger partial charge in [-0.05, 0) is 18.4 Å². The Kier molecular flexibility index (Phi) is 5.77. The molecule has 1 aromatic carbocycles. The molecule has 1 fully saturated rings. The fourth-order valence-corrected chi connectivity index (χ4v) is 4.16. The lowest BCUT2D eigenvalue weighted by Gasteiger charge is -2.10. The molecule has 1 aliphatic heterocycles. The van der Waals surface area contributed by atoms with Gasteiger partial charge in [-0.2, -0.15) is 16.8 Å². The first-order valence-electron chi connectivity index (χ1n) is 8.10. The number of fused-ring (bicyclic) bond motifs is 1. The third kappa shape index (κ3) is 3.83. The molecule has 7 nitrogen and oxygen atoms in total. The van der Waals surface area contributed by atoms with Gasteiger partial charge in [0.1, 0.15) is 12.3 Å². The Bertz CT molecular complexity index is 916. The average molecular weight is 393 g/mol. The Morgan fingerprint density at radius 2 is 2.04 bits per heavy atom. The fourth-order valence-electron chi connectivity index (χ4n) is 2.74. The number of nitrogens with zero attached hydrogens (tertiary/aromatic N) is 3. The minimum atomic E-state index is -0.495. The Morgan fingerprint density at radius 3 is 2.69 bits per heavy atom. The highest BCUT2D eigenvalue weighted by Gasteiger charge is 2.30. The van der Waals surface area contributed by atoms with Gasteiger partial charge in [0.2, 0.25) is 11.8 Å². The van der Waals surface area contributed by atoms with Crippen molar-refractivity contribution in [3.8, 4) is 5.75 Å².